The number of aryl methyl sites for hydroxylation is 1. The van der Waals surface area contributed by atoms with Crippen LogP contribution in [0.1, 0.15) is 12.1 Å². The molecule has 2 aromatic heterocycles. The summed E-state index contributed by atoms with van der Waals surface area (Å²) in [6.07, 6.45) is 1.41. The van der Waals surface area contributed by atoms with E-state index in [1.165, 1.54) is 12.2 Å². The fraction of sp³-hybridized carbons (Fsp3) is 0.333. The van der Waals surface area contributed by atoms with E-state index in [0.29, 0.717) is 0 Å². The Morgan fingerprint density at radius 2 is 1.82 bits per heavy atom. The Labute approximate surface area is 129 Å². The second-order valence-electron chi connectivity index (χ2n) is 6.58. The summed E-state index contributed by atoms with van der Waals surface area (Å²) >= 11 is 0. The molecule has 2 aliphatic rings. The summed E-state index contributed by atoms with van der Waals surface area (Å²) in [5.41, 5.74) is 4.15. The standard InChI is InChI=1S/C18H18N4/c1-12-7-17-19-16(13-5-3-2-4-6-13)9-18(22(17)20-12)21-10-14-8-15(14)11-21/h2-7,9,14-15H,8,10-11H2,1H3. The van der Waals surface area contributed by atoms with E-state index in [4.69, 9.17) is 4.98 Å². The Kier molecular flexibility index (Phi) is 2.40. The zero-order valence-electron chi connectivity index (χ0n) is 12.6. The Bertz CT molecular complexity index is 842. The highest BCUT2D eigenvalue weighted by Crippen LogP contribution is 2.46. The van der Waals surface area contributed by atoms with Gasteiger partial charge in [-0.05, 0) is 25.2 Å². The molecule has 1 aromatic carbocycles. The number of piperidine rings is 1. The molecule has 0 radical (unpaired) electrons. The van der Waals surface area contributed by atoms with Crippen molar-refractivity contribution in [2.45, 2.75) is 13.3 Å². The Balaban J connectivity index is 1.69. The highest BCUT2D eigenvalue weighted by Gasteiger charge is 2.45. The summed E-state index contributed by atoms with van der Waals surface area (Å²) in [6.45, 7) is 4.36. The maximum absolute atomic E-state index is 4.80. The van der Waals surface area contributed by atoms with Gasteiger partial charge in [-0.3, -0.25) is 0 Å². The van der Waals surface area contributed by atoms with E-state index in [2.05, 4.69) is 46.4 Å². The van der Waals surface area contributed by atoms with Crippen LogP contribution < -0.4 is 4.90 Å². The zero-order chi connectivity index (χ0) is 14.7. The van der Waals surface area contributed by atoms with Gasteiger partial charge in [0.15, 0.2) is 5.65 Å². The molecule has 110 valence electrons. The topological polar surface area (TPSA) is 33.4 Å². The molecule has 0 N–H and O–H groups in total. The van der Waals surface area contributed by atoms with Crippen LogP contribution in [0, 0.1) is 18.8 Å². The molecule has 5 rings (SSSR count). The average Bonchev–Trinajstić information content (AvgIpc) is 2.97. The molecule has 1 saturated heterocycles. The number of nitrogens with zero attached hydrogens (tertiary/aromatic N) is 4. The Morgan fingerprint density at radius 3 is 2.59 bits per heavy atom. The molecule has 4 heteroatoms. The average molecular weight is 290 g/mol. The Hall–Kier alpha value is -2.36. The van der Waals surface area contributed by atoms with Crippen LogP contribution in [0.4, 0.5) is 5.82 Å². The lowest BCUT2D eigenvalue weighted by molar-refractivity contribution is 0.771. The SMILES string of the molecule is Cc1cc2nc(-c3ccccc3)cc(N3CC4CC4C3)n2n1. The van der Waals surface area contributed by atoms with Crippen LogP contribution in [0.15, 0.2) is 42.5 Å². The van der Waals surface area contributed by atoms with Crippen LogP contribution in [-0.2, 0) is 0 Å². The van der Waals surface area contributed by atoms with E-state index in [1.54, 1.807) is 0 Å². The maximum atomic E-state index is 4.80. The van der Waals surface area contributed by atoms with E-state index >= 15 is 0 Å². The highest BCUT2D eigenvalue weighted by atomic mass is 15.4. The number of aromatic nitrogens is 3. The fourth-order valence-corrected chi connectivity index (χ4v) is 3.64. The summed E-state index contributed by atoms with van der Waals surface area (Å²) in [4.78, 5) is 7.28. The largest absolute Gasteiger partial charge is 0.356 e. The molecule has 0 amide bonds. The van der Waals surface area contributed by atoms with Crippen molar-refractivity contribution in [1.82, 2.24) is 14.6 Å². The van der Waals surface area contributed by atoms with Gasteiger partial charge < -0.3 is 4.90 Å². The van der Waals surface area contributed by atoms with Gasteiger partial charge in [-0.15, -0.1) is 0 Å². The van der Waals surface area contributed by atoms with E-state index in [9.17, 15) is 0 Å². The summed E-state index contributed by atoms with van der Waals surface area (Å²) in [7, 11) is 0. The third-order valence-electron chi connectivity index (χ3n) is 4.90. The second-order valence-corrected chi connectivity index (χ2v) is 6.58. The predicted octanol–water partition coefficient (Wildman–Crippen LogP) is 3.16. The Morgan fingerprint density at radius 1 is 1.05 bits per heavy atom. The lowest BCUT2D eigenvalue weighted by atomic mass is 10.1. The first kappa shape index (κ1) is 12.2. The number of fused-ring (bicyclic) bond motifs is 2. The molecule has 1 aliphatic carbocycles. The normalized spacial score (nSPS) is 23.0. The minimum atomic E-state index is 0.903. The summed E-state index contributed by atoms with van der Waals surface area (Å²) < 4.78 is 2.01. The van der Waals surface area contributed by atoms with Crippen LogP contribution in [0.25, 0.3) is 16.9 Å². The number of hydrogen-bond acceptors (Lipinski definition) is 3. The predicted molar refractivity (Wildman–Crippen MR) is 87.0 cm³/mol. The van der Waals surface area contributed by atoms with E-state index < -0.39 is 0 Å². The molecule has 2 fully saturated rings. The zero-order valence-corrected chi connectivity index (χ0v) is 12.6. The number of hydrogen-bond donors (Lipinski definition) is 0. The van der Waals surface area contributed by atoms with Crippen molar-refractivity contribution in [3.63, 3.8) is 0 Å². The first-order chi connectivity index (χ1) is 10.8. The van der Waals surface area contributed by atoms with Crippen molar-refractivity contribution in [2.75, 3.05) is 18.0 Å². The van der Waals surface area contributed by atoms with Crippen molar-refractivity contribution in [2.24, 2.45) is 11.8 Å². The van der Waals surface area contributed by atoms with Gasteiger partial charge in [0.25, 0.3) is 0 Å². The van der Waals surface area contributed by atoms with Crippen LogP contribution in [0.3, 0.4) is 0 Å². The maximum Gasteiger partial charge on any atom is 0.158 e. The van der Waals surface area contributed by atoms with Gasteiger partial charge in [-0.25, -0.2) is 4.98 Å². The quantitative estimate of drug-likeness (QED) is 0.727. The van der Waals surface area contributed by atoms with Crippen molar-refractivity contribution in [3.05, 3.63) is 48.2 Å². The molecule has 2 atom stereocenters. The highest BCUT2D eigenvalue weighted by molar-refractivity contribution is 5.67. The van der Waals surface area contributed by atoms with Crippen molar-refractivity contribution in [3.8, 4) is 11.3 Å². The van der Waals surface area contributed by atoms with Gasteiger partial charge >= 0.3 is 0 Å². The minimum Gasteiger partial charge on any atom is -0.356 e. The second kappa shape index (κ2) is 4.32. The first-order valence-electron chi connectivity index (χ1n) is 7.96. The lowest BCUT2D eigenvalue weighted by Gasteiger charge is -2.21. The molecule has 1 aliphatic heterocycles. The summed E-state index contributed by atoms with van der Waals surface area (Å²) in [5, 5.41) is 4.64. The van der Waals surface area contributed by atoms with Gasteiger partial charge in [-0.1, -0.05) is 30.3 Å². The summed E-state index contributed by atoms with van der Waals surface area (Å²) in [6, 6.07) is 14.7. The van der Waals surface area contributed by atoms with Crippen LogP contribution in [0.5, 0.6) is 0 Å². The fourth-order valence-electron chi connectivity index (χ4n) is 3.64. The number of rotatable bonds is 2. The smallest absolute Gasteiger partial charge is 0.158 e. The molecule has 3 heterocycles. The summed E-state index contributed by atoms with van der Waals surface area (Å²) in [5.74, 6) is 2.99. The molecule has 2 unspecified atom stereocenters. The molecular formula is C18H18N4. The minimum absolute atomic E-state index is 0.903. The van der Waals surface area contributed by atoms with Gasteiger partial charge in [0.2, 0.25) is 0 Å². The molecule has 3 aromatic rings. The van der Waals surface area contributed by atoms with Crippen LogP contribution >= 0.6 is 0 Å². The monoisotopic (exact) mass is 290 g/mol. The number of benzene rings is 1. The molecule has 0 spiro atoms. The molecular weight excluding hydrogens is 272 g/mol. The van der Waals surface area contributed by atoms with Crippen LogP contribution in [-0.4, -0.2) is 27.7 Å². The van der Waals surface area contributed by atoms with E-state index in [0.717, 1.165) is 47.5 Å². The van der Waals surface area contributed by atoms with E-state index in [-0.39, 0.29) is 0 Å². The molecule has 0 bridgehead atoms. The van der Waals surface area contributed by atoms with Crippen LogP contribution in [0.2, 0.25) is 0 Å². The number of anilines is 1. The van der Waals surface area contributed by atoms with Crippen molar-refractivity contribution in [1.29, 1.82) is 0 Å². The molecule has 4 nitrogen and oxygen atoms in total. The van der Waals surface area contributed by atoms with Gasteiger partial charge in [0.1, 0.15) is 5.82 Å². The third kappa shape index (κ3) is 1.83. The first-order valence-corrected chi connectivity index (χ1v) is 7.96. The lowest BCUT2D eigenvalue weighted by Crippen LogP contribution is -2.24. The van der Waals surface area contributed by atoms with Crippen molar-refractivity contribution >= 4 is 11.5 Å². The van der Waals surface area contributed by atoms with Gasteiger partial charge in [0, 0.05) is 30.8 Å². The van der Waals surface area contributed by atoms with Gasteiger partial charge in [-0.2, -0.15) is 9.61 Å². The molecule has 1 saturated carbocycles. The van der Waals surface area contributed by atoms with Crippen molar-refractivity contribution < 1.29 is 0 Å². The van der Waals surface area contributed by atoms with Gasteiger partial charge in [0.05, 0.1) is 11.4 Å². The molecule has 22 heavy (non-hydrogen) atoms. The third-order valence-corrected chi connectivity index (χ3v) is 4.90. The van der Waals surface area contributed by atoms with E-state index in [1.807, 2.05) is 17.5 Å².